The molecule has 0 bridgehead atoms. The average Bonchev–Trinajstić information content (AvgIpc) is 2.71. The van der Waals surface area contributed by atoms with Crippen LogP contribution in [0.2, 0.25) is 0 Å². The highest BCUT2D eigenvalue weighted by molar-refractivity contribution is 7.04. The fraction of sp³-hybridized carbons (Fsp3) is 0.364. The first-order valence-electron chi connectivity index (χ1n) is 4.76. The standard InChI is InChI=1S/C7H5NS.2C2H6/c1-2-4-7-6(3-1)5-9-8-7;2*1-2/h1-5H;2*1-2H3. The van der Waals surface area contributed by atoms with E-state index in [4.69, 9.17) is 0 Å². The monoisotopic (exact) mass is 195 g/mol. The van der Waals surface area contributed by atoms with Crippen LogP contribution in [-0.4, -0.2) is 4.37 Å². The minimum atomic E-state index is 1.10. The van der Waals surface area contributed by atoms with Gasteiger partial charge in [-0.3, -0.25) is 0 Å². The number of hydrogen-bond donors (Lipinski definition) is 0. The van der Waals surface area contributed by atoms with E-state index in [1.807, 2.05) is 45.9 Å². The van der Waals surface area contributed by atoms with E-state index < -0.39 is 0 Å². The van der Waals surface area contributed by atoms with E-state index in [2.05, 4.69) is 15.8 Å². The number of aromatic nitrogens is 1. The molecule has 0 saturated carbocycles. The second-order valence-corrected chi connectivity index (χ2v) is 2.50. The number of benzene rings is 1. The molecule has 0 atom stereocenters. The Morgan fingerprint density at radius 3 is 2.23 bits per heavy atom. The molecular weight excluding hydrogens is 178 g/mol. The van der Waals surface area contributed by atoms with Gasteiger partial charge in [-0.1, -0.05) is 45.9 Å². The van der Waals surface area contributed by atoms with Crippen molar-refractivity contribution in [1.29, 1.82) is 0 Å². The number of rotatable bonds is 0. The molecule has 2 heteroatoms. The van der Waals surface area contributed by atoms with Crippen LogP contribution in [0.1, 0.15) is 27.7 Å². The summed E-state index contributed by atoms with van der Waals surface area (Å²) >= 11 is 1.50. The van der Waals surface area contributed by atoms with Gasteiger partial charge in [0.15, 0.2) is 0 Å². The van der Waals surface area contributed by atoms with E-state index in [1.165, 1.54) is 16.9 Å². The molecule has 72 valence electrons. The molecule has 0 unspecified atom stereocenters. The summed E-state index contributed by atoms with van der Waals surface area (Å²) in [7, 11) is 0. The fourth-order valence-corrected chi connectivity index (χ4v) is 1.46. The lowest BCUT2D eigenvalue weighted by molar-refractivity contribution is 1.50. The SMILES string of the molecule is CC.CC.c1ccc2nscc2c1. The predicted molar refractivity (Wildman–Crippen MR) is 62.3 cm³/mol. The first-order valence-corrected chi connectivity index (χ1v) is 5.59. The maximum atomic E-state index is 4.16. The molecule has 0 aliphatic carbocycles. The van der Waals surface area contributed by atoms with Crippen LogP contribution in [-0.2, 0) is 0 Å². The summed E-state index contributed by atoms with van der Waals surface area (Å²) in [4.78, 5) is 0. The Morgan fingerprint density at radius 2 is 1.62 bits per heavy atom. The molecule has 0 N–H and O–H groups in total. The van der Waals surface area contributed by atoms with Crippen LogP contribution in [0.5, 0.6) is 0 Å². The Morgan fingerprint density at radius 1 is 1.00 bits per heavy atom. The quantitative estimate of drug-likeness (QED) is 0.609. The summed E-state index contributed by atoms with van der Waals surface area (Å²) in [6.45, 7) is 8.00. The van der Waals surface area contributed by atoms with Crippen molar-refractivity contribution < 1.29 is 0 Å². The Bertz CT molecular complexity index is 284. The smallest absolute Gasteiger partial charge is 0.0840 e. The average molecular weight is 195 g/mol. The summed E-state index contributed by atoms with van der Waals surface area (Å²) in [5, 5.41) is 3.29. The largest absolute Gasteiger partial charge is 0.193 e. The van der Waals surface area contributed by atoms with Crippen LogP contribution < -0.4 is 0 Å². The molecule has 1 aromatic heterocycles. The Hall–Kier alpha value is -0.890. The molecule has 1 aromatic carbocycles. The van der Waals surface area contributed by atoms with Crippen molar-refractivity contribution in [1.82, 2.24) is 4.37 Å². The molecule has 0 aliphatic rings. The van der Waals surface area contributed by atoms with E-state index in [-0.39, 0.29) is 0 Å². The van der Waals surface area contributed by atoms with Gasteiger partial charge in [0.25, 0.3) is 0 Å². The zero-order valence-corrected chi connectivity index (χ0v) is 9.56. The van der Waals surface area contributed by atoms with Crippen LogP contribution in [0.4, 0.5) is 0 Å². The highest BCUT2D eigenvalue weighted by Gasteiger charge is 1.89. The lowest BCUT2D eigenvalue weighted by Gasteiger charge is -1.80. The van der Waals surface area contributed by atoms with Gasteiger partial charge >= 0.3 is 0 Å². The van der Waals surface area contributed by atoms with E-state index >= 15 is 0 Å². The van der Waals surface area contributed by atoms with Crippen molar-refractivity contribution in [3.63, 3.8) is 0 Å². The second kappa shape index (κ2) is 7.74. The molecule has 2 aromatic rings. The summed E-state index contributed by atoms with van der Waals surface area (Å²) in [5.41, 5.74) is 1.10. The van der Waals surface area contributed by atoms with Crippen LogP contribution in [0.25, 0.3) is 10.9 Å². The lowest BCUT2D eigenvalue weighted by atomic mass is 10.3. The van der Waals surface area contributed by atoms with Crippen LogP contribution >= 0.6 is 11.5 Å². The van der Waals surface area contributed by atoms with E-state index in [0.717, 1.165) is 5.52 Å². The first kappa shape index (κ1) is 12.1. The van der Waals surface area contributed by atoms with Crippen molar-refractivity contribution in [2.75, 3.05) is 0 Å². The molecule has 0 fully saturated rings. The Kier molecular flexibility index (Phi) is 7.21. The third kappa shape index (κ3) is 3.55. The number of nitrogens with zero attached hydrogens (tertiary/aromatic N) is 1. The zero-order valence-electron chi connectivity index (χ0n) is 8.74. The summed E-state index contributed by atoms with van der Waals surface area (Å²) in [5.74, 6) is 0. The van der Waals surface area contributed by atoms with Crippen molar-refractivity contribution in [3.8, 4) is 0 Å². The molecule has 1 heterocycles. The predicted octanol–water partition coefficient (Wildman–Crippen LogP) is 4.35. The molecule has 1 nitrogen and oxygen atoms in total. The number of fused-ring (bicyclic) bond motifs is 1. The van der Waals surface area contributed by atoms with Crippen LogP contribution in [0.15, 0.2) is 29.6 Å². The third-order valence-corrected chi connectivity index (χ3v) is 1.93. The summed E-state index contributed by atoms with van der Waals surface area (Å²) in [6, 6.07) is 8.11. The molecule has 0 amide bonds. The first-order chi connectivity index (χ1) is 6.47. The van der Waals surface area contributed by atoms with Gasteiger partial charge in [-0.2, -0.15) is 4.37 Å². The fourth-order valence-electron chi connectivity index (χ4n) is 0.810. The summed E-state index contributed by atoms with van der Waals surface area (Å²) in [6.07, 6.45) is 0. The van der Waals surface area contributed by atoms with Crippen molar-refractivity contribution in [2.45, 2.75) is 27.7 Å². The van der Waals surface area contributed by atoms with Gasteiger partial charge in [0, 0.05) is 10.8 Å². The molecule has 0 spiro atoms. The Labute approximate surface area is 84.6 Å². The van der Waals surface area contributed by atoms with Crippen LogP contribution in [0.3, 0.4) is 0 Å². The summed E-state index contributed by atoms with van der Waals surface area (Å²) < 4.78 is 4.16. The van der Waals surface area contributed by atoms with Gasteiger partial charge in [0.05, 0.1) is 5.52 Å². The zero-order chi connectivity index (χ0) is 10.1. The maximum Gasteiger partial charge on any atom is 0.0840 e. The molecule has 0 radical (unpaired) electrons. The van der Waals surface area contributed by atoms with Crippen molar-refractivity contribution in [2.24, 2.45) is 0 Å². The van der Waals surface area contributed by atoms with E-state index in [1.54, 1.807) is 0 Å². The maximum absolute atomic E-state index is 4.16. The van der Waals surface area contributed by atoms with E-state index in [0.29, 0.717) is 0 Å². The highest BCUT2D eigenvalue weighted by atomic mass is 32.1. The van der Waals surface area contributed by atoms with Gasteiger partial charge in [-0.05, 0) is 17.6 Å². The molecule has 2 rings (SSSR count). The topological polar surface area (TPSA) is 12.9 Å². The Balaban J connectivity index is 0.000000322. The normalized spacial score (nSPS) is 8.00. The van der Waals surface area contributed by atoms with Crippen molar-refractivity contribution in [3.05, 3.63) is 29.6 Å². The van der Waals surface area contributed by atoms with Gasteiger partial charge in [-0.25, -0.2) is 0 Å². The third-order valence-electron chi connectivity index (χ3n) is 1.27. The lowest BCUT2D eigenvalue weighted by Crippen LogP contribution is -1.61. The number of hydrogen-bond acceptors (Lipinski definition) is 2. The molecule has 13 heavy (non-hydrogen) atoms. The minimum Gasteiger partial charge on any atom is -0.193 e. The molecular formula is C11H17NS. The van der Waals surface area contributed by atoms with Gasteiger partial charge in [0.2, 0.25) is 0 Å². The van der Waals surface area contributed by atoms with Gasteiger partial charge in [0.1, 0.15) is 0 Å². The van der Waals surface area contributed by atoms with Gasteiger partial charge in [-0.15, -0.1) is 0 Å². The second-order valence-electron chi connectivity index (χ2n) is 1.87. The van der Waals surface area contributed by atoms with Crippen LogP contribution in [0, 0.1) is 0 Å². The molecule has 0 aliphatic heterocycles. The minimum absolute atomic E-state index is 1.10. The highest BCUT2D eigenvalue weighted by Crippen LogP contribution is 2.12. The molecule has 0 saturated heterocycles. The van der Waals surface area contributed by atoms with E-state index in [9.17, 15) is 0 Å². The van der Waals surface area contributed by atoms with Crippen molar-refractivity contribution >= 4 is 22.4 Å². The van der Waals surface area contributed by atoms with Gasteiger partial charge < -0.3 is 0 Å².